The lowest BCUT2D eigenvalue weighted by atomic mass is 10.1. The van der Waals surface area contributed by atoms with Gasteiger partial charge in [0, 0.05) is 6.07 Å². The number of nitro groups is 1. The molecule has 0 fully saturated rings. The molecule has 0 amide bonds. The van der Waals surface area contributed by atoms with E-state index in [1.807, 2.05) is 0 Å². The molecular formula is C8H6F3NO2. The Hall–Kier alpha value is -1.59. The SMILES string of the molecule is Cc1cc(F)c(C(F)F)c([N+](=O)[O-])c1. The van der Waals surface area contributed by atoms with Crippen molar-refractivity contribution < 1.29 is 18.1 Å². The zero-order valence-corrected chi connectivity index (χ0v) is 7.13. The summed E-state index contributed by atoms with van der Waals surface area (Å²) in [5, 5.41) is 10.3. The van der Waals surface area contributed by atoms with Gasteiger partial charge in [-0.15, -0.1) is 0 Å². The van der Waals surface area contributed by atoms with Crippen molar-refractivity contribution in [3.8, 4) is 0 Å². The van der Waals surface area contributed by atoms with Gasteiger partial charge in [-0.25, -0.2) is 13.2 Å². The number of nitrogens with zero attached hydrogens (tertiary/aromatic N) is 1. The fourth-order valence-electron chi connectivity index (χ4n) is 1.10. The Morgan fingerprint density at radius 2 is 2.00 bits per heavy atom. The number of rotatable bonds is 2. The number of benzene rings is 1. The Balaban J connectivity index is 3.44. The predicted molar refractivity (Wildman–Crippen MR) is 42.7 cm³/mol. The Kier molecular flexibility index (Phi) is 2.73. The molecule has 0 heterocycles. The average molecular weight is 205 g/mol. The summed E-state index contributed by atoms with van der Waals surface area (Å²) in [5.74, 6) is -1.24. The molecule has 0 radical (unpaired) electrons. The number of aryl methyl sites for hydroxylation is 1. The minimum absolute atomic E-state index is 0.235. The Labute approximate surface area is 77.3 Å². The molecule has 0 aliphatic carbocycles. The molecule has 76 valence electrons. The third-order valence-electron chi connectivity index (χ3n) is 1.67. The molecule has 3 nitrogen and oxygen atoms in total. The monoisotopic (exact) mass is 205 g/mol. The first kappa shape index (κ1) is 10.5. The largest absolute Gasteiger partial charge is 0.281 e. The summed E-state index contributed by atoms with van der Waals surface area (Å²) in [6.45, 7) is 1.39. The standard InChI is InChI=1S/C8H6F3NO2/c1-4-2-5(9)7(8(10)11)6(3-4)12(13)14/h2-3,8H,1H3. The Morgan fingerprint density at radius 3 is 2.43 bits per heavy atom. The van der Waals surface area contributed by atoms with Crippen LogP contribution in [0, 0.1) is 22.9 Å². The van der Waals surface area contributed by atoms with Crippen LogP contribution in [0.5, 0.6) is 0 Å². The fraction of sp³-hybridized carbons (Fsp3) is 0.250. The van der Waals surface area contributed by atoms with Crippen LogP contribution in [-0.4, -0.2) is 4.92 Å². The van der Waals surface area contributed by atoms with Crippen LogP contribution in [0.2, 0.25) is 0 Å². The average Bonchev–Trinajstić information content (AvgIpc) is 2.01. The van der Waals surface area contributed by atoms with E-state index in [-0.39, 0.29) is 5.56 Å². The molecule has 0 aromatic heterocycles. The van der Waals surface area contributed by atoms with Crippen molar-refractivity contribution in [3.63, 3.8) is 0 Å². The second-order valence-electron chi connectivity index (χ2n) is 2.74. The third kappa shape index (κ3) is 1.84. The second kappa shape index (κ2) is 3.65. The second-order valence-corrected chi connectivity index (χ2v) is 2.74. The molecule has 0 saturated heterocycles. The summed E-state index contributed by atoms with van der Waals surface area (Å²) in [5.41, 5.74) is -1.79. The Bertz CT molecular complexity index is 379. The third-order valence-corrected chi connectivity index (χ3v) is 1.67. The first-order valence-corrected chi connectivity index (χ1v) is 3.66. The van der Waals surface area contributed by atoms with Crippen LogP contribution in [0.15, 0.2) is 12.1 Å². The molecule has 0 N–H and O–H groups in total. The highest BCUT2D eigenvalue weighted by Gasteiger charge is 2.26. The van der Waals surface area contributed by atoms with Crippen LogP contribution in [0.4, 0.5) is 18.9 Å². The summed E-state index contributed by atoms with van der Waals surface area (Å²) in [4.78, 5) is 9.32. The van der Waals surface area contributed by atoms with E-state index >= 15 is 0 Å². The van der Waals surface area contributed by atoms with Gasteiger partial charge in [0.1, 0.15) is 11.4 Å². The first-order valence-electron chi connectivity index (χ1n) is 3.66. The smallest absolute Gasteiger partial charge is 0.258 e. The van der Waals surface area contributed by atoms with E-state index in [2.05, 4.69) is 0 Å². The summed E-state index contributed by atoms with van der Waals surface area (Å²) >= 11 is 0. The van der Waals surface area contributed by atoms with Crippen molar-refractivity contribution in [1.82, 2.24) is 0 Å². The van der Waals surface area contributed by atoms with Crippen molar-refractivity contribution in [2.24, 2.45) is 0 Å². The molecule has 0 aliphatic rings. The van der Waals surface area contributed by atoms with Gasteiger partial charge in [0.05, 0.1) is 4.92 Å². The lowest BCUT2D eigenvalue weighted by Crippen LogP contribution is -2.00. The number of nitro benzene ring substituents is 1. The predicted octanol–water partition coefficient (Wildman–Crippen LogP) is 2.98. The maximum Gasteiger partial charge on any atom is 0.281 e. The quantitative estimate of drug-likeness (QED) is 0.550. The fourth-order valence-corrected chi connectivity index (χ4v) is 1.10. The molecule has 0 saturated carbocycles. The molecule has 0 atom stereocenters. The van der Waals surface area contributed by atoms with E-state index in [0.717, 1.165) is 12.1 Å². The molecule has 0 bridgehead atoms. The van der Waals surface area contributed by atoms with Gasteiger partial charge in [0.2, 0.25) is 0 Å². The minimum Gasteiger partial charge on any atom is -0.258 e. The molecule has 6 heteroatoms. The Morgan fingerprint density at radius 1 is 1.43 bits per heavy atom. The van der Waals surface area contributed by atoms with Crippen LogP contribution in [-0.2, 0) is 0 Å². The van der Waals surface area contributed by atoms with E-state index in [1.165, 1.54) is 6.92 Å². The highest BCUT2D eigenvalue weighted by Crippen LogP contribution is 2.32. The molecule has 1 rings (SSSR count). The lowest BCUT2D eigenvalue weighted by molar-refractivity contribution is -0.386. The number of hydrogen-bond donors (Lipinski definition) is 0. The van der Waals surface area contributed by atoms with Gasteiger partial charge in [-0.3, -0.25) is 10.1 Å². The molecule has 0 spiro atoms. The van der Waals surface area contributed by atoms with Crippen LogP contribution >= 0.6 is 0 Å². The molecule has 14 heavy (non-hydrogen) atoms. The summed E-state index contributed by atoms with van der Waals surface area (Å²) in [6, 6.07) is 1.76. The summed E-state index contributed by atoms with van der Waals surface area (Å²) in [6.07, 6.45) is -3.18. The van der Waals surface area contributed by atoms with E-state index < -0.39 is 28.4 Å². The number of halogens is 3. The van der Waals surface area contributed by atoms with Crippen LogP contribution in [0.1, 0.15) is 17.6 Å². The summed E-state index contributed by atoms with van der Waals surface area (Å²) < 4.78 is 37.4. The van der Waals surface area contributed by atoms with Crippen LogP contribution < -0.4 is 0 Å². The molecule has 0 aliphatic heterocycles. The van der Waals surface area contributed by atoms with Gasteiger partial charge in [-0.05, 0) is 18.6 Å². The minimum atomic E-state index is -3.18. The van der Waals surface area contributed by atoms with Gasteiger partial charge in [0.25, 0.3) is 12.1 Å². The lowest BCUT2D eigenvalue weighted by Gasteiger charge is -2.04. The van der Waals surface area contributed by atoms with Gasteiger partial charge >= 0.3 is 0 Å². The number of hydrogen-bond acceptors (Lipinski definition) is 2. The zero-order valence-electron chi connectivity index (χ0n) is 7.13. The molecule has 1 aromatic rings. The summed E-state index contributed by atoms with van der Waals surface area (Å²) in [7, 11) is 0. The van der Waals surface area contributed by atoms with Crippen molar-refractivity contribution in [2.75, 3.05) is 0 Å². The van der Waals surface area contributed by atoms with Gasteiger partial charge in [0.15, 0.2) is 0 Å². The van der Waals surface area contributed by atoms with E-state index in [9.17, 15) is 23.3 Å². The van der Waals surface area contributed by atoms with Crippen molar-refractivity contribution in [1.29, 1.82) is 0 Å². The van der Waals surface area contributed by atoms with E-state index in [1.54, 1.807) is 0 Å². The van der Waals surface area contributed by atoms with Crippen LogP contribution in [0.25, 0.3) is 0 Å². The van der Waals surface area contributed by atoms with Crippen molar-refractivity contribution in [2.45, 2.75) is 13.3 Å². The van der Waals surface area contributed by atoms with E-state index in [4.69, 9.17) is 0 Å². The van der Waals surface area contributed by atoms with Gasteiger partial charge in [-0.2, -0.15) is 0 Å². The molecule has 1 aromatic carbocycles. The molecule has 0 unspecified atom stereocenters. The van der Waals surface area contributed by atoms with Crippen LogP contribution in [0.3, 0.4) is 0 Å². The highest BCUT2D eigenvalue weighted by molar-refractivity contribution is 5.44. The molecular weight excluding hydrogens is 199 g/mol. The van der Waals surface area contributed by atoms with E-state index in [0.29, 0.717) is 0 Å². The van der Waals surface area contributed by atoms with Crippen molar-refractivity contribution in [3.05, 3.63) is 39.2 Å². The van der Waals surface area contributed by atoms with Gasteiger partial charge < -0.3 is 0 Å². The highest BCUT2D eigenvalue weighted by atomic mass is 19.3. The zero-order chi connectivity index (χ0) is 10.9. The maximum absolute atomic E-state index is 12.9. The normalized spacial score (nSPS) is 10.6. The van der Waals surface area contributed by atoms with Crippen molar-refractivity contribution >= 4 is 5.69 Å². The van der Waals surface area contributed by atoms with Gasteiger partial charge in [-0.1, -0.05) is 0 Å². The topological polar surface area (TPSA) is 43.1 Å². The maximum atomic E-state index is 12.9. The number of alkyl halides is 2. The first-order chi connectivity index (χ1) is 6.43.